The quantitative estimate of drug-likeness (QED) is 0.792. The number of fused-ring (bicyclic) bond motifs is 1. The van der Waals surface area contributed by atoms with Gasteiger partial charge in [0, 0.05) is 5.56 Å². The van der Waals surface area contributed by atoms with E-state index in [1.165, 1.54) is 5.56 Å². The normalized spacial score (nSPS) is 16.0. The van der Waals surface area contributed by atoms with Crippen molar-refractivity contribution in [3.63, 3.8) is 0 Å². The topological polar surface area (TPSA) is 40.5 Å². The molecular formula is C13H17ClO2. The zero-order valence-corrected chi connectivity index (χ0v) is 10.4. The molecule has 0 radical (unpaired) electrons. The number of aryl methyl sites for hydroxylation is 1. The highest BCUT2D eigenvalue weighted by Gasteiger charge is 2.26. The number of phenolic OH excluding ortho intramolecular Hbond substituents is 1. The van der Waals surface area contributed by atoms with Crippen molar-refractivity contribution >= 4 is 11.6 Å². The van der Waals surface area contributed by atoms with Gasteiger partial charge < -0.3 is 10.2 Å². The summed E-state index contributed by atoms with van der Waals surface area (Å²) in [5.74, 6) is 0.0369. The summed E-state index contributed by atoms with van der Waals surface area (Å²) in [7, 11) is 0. The second kappa shape index (κ2) is 3.94. The highest BCUT2D eigenvalue weighted by molar-refractivity contribution is 6.33. The second-order valence-electron chi connectivity index (χ2n) is 4.99. The minimum absolute atomic E-state index is 0.0369. The lowest BCUT2D eigenvalue weighted by Gasteiger charge is -2.25. The molecule has 0 aliphatic heterocycles. The minimum atomic E-state index is -1.06. The Morgan fingerprint density at radius 1 is 1.25 bits per heavy atom. The van der Waals surface area contributed by atoms with Crippen molar-refractivity contribution in [1.29, 1.82) is 0 Å². The third-order valence-corrected chi connectivity index (χ3v) is 3.62. The Bertz CT molecular complexity index is 419. The van der Waals surface area contributed by atoms with E-state index in [0.29, 0.717) is 10.6 Å². The van der Waals surface area contributed by atoms with E-state index in [-0.39, 0.29) is 5.75 Å². The Morgan fingerprint density at radius 3 is 2.50 bits per heavy atom. The van der Waals surface area contributed by atoms with Crippen molar-refractivity contribution in [2.45, 2.75) is 45.1 Å². The summed E-state index contributed by atoms with van der Waals surface area (Å²) in [5.41, 5.74) is 1.70. The molecule has 2 N–H and O–H groups in total. The van der Waals surface area contributed by atoms with Gasteiger partial charge in [0.05, 0.1) is 10.6 Å². The summed E-state index contributed by atoms with van der Waals surface area (Å²) in [4.78, 5) is 0. The van der Waals surface area contributed by atoms with Crippen LogP contribution in [0.15, 0.2) is 6.07 Å². The summed E-state index contributed by atoms with van der Waals surface area (Å²) < 4.78 is 0. The number of halogens is 1. The maximum Gasteiger partial charge on any atom is 0.140 e. The van der Waals surface area contributed by atoms with Crippen LogP contribution in [0, 0.1) is 0 Å². The van der Waals surface area contributed by atoms with E-state index in [2.05, 4.69) is 0 Å². The van der Waals surface area contributed by atoms with Crippen LogP contribution in [0.5, 0.6) is 5.75 Å². The van der Waals surface area contributed by atoms with Gasteiger partial charge in [0.25, 0.3) is 0 Å². The highest BCUT2D eigenvalue weighted by atomic mass is 35.5. The van der Waals surface area contributed by atoms with Gasteiger partial charge >= 0.3 is 0 Å². The Hall–Kier alpha value is -0.730. The molecular weight excluding hydrogens is 224 g/mol. The lowest BCUT2D eigenvalue weighted by molar-refractivity contribution is 0.0757. The van der Waals surface area contributed by atoms with E-state index in [0.717, 1.165) is 31.2 Å². The van der Waals surface area contributed by atoms with Crippen molar-refractivity contribution in [1.82, 2.24) is 0 Å². The van der Waals surface area contributed by atoms with Gasteiger partial charge in [-0.15, -0.1) is 0 Å². The molecule has 2 nitrogen and oxygen atoms in total. The number of aromatic hydroxyl groups is 1. The zero-order chi connectivity index (χ0) is 11.9. The number of hydrogen-bond donors (Lipinski definition) is 2. The number of rotatable bonds is 1. The van der Waals surface area contributed by atoms with Crippen LogP contribution in [0.3, 0.4) is 0 Å². The Morgan fingerprint density at radius 2 is 1.88 bits per heavy atom. The molecule has 0 saturated carbocycles. The van der Waals surface area contributed by atoms with Gasteiger partial charge in [-0.2, -0.15) is 0 Å². The van der Waals surface area contributed by atoms with Crippen molar-refractivity contribution < 1.29 is 10.2 Å². The van der Waals surface area contributed by atoms with Crippen LogP contribution in [-0.4, -0.2) is 10.2 Å². The zero-order valence-electron chi connectivity index (χ0n) is 9.68. The fourth-order valence-electron chi connectivity index (χ4n) is 2.31. The van der Waals surface area contributed by atoms with Gasteiger partial charge in [-0.3, -0.25) is 0 Å². The van der Waals surface area contributed by atoms with E-state index in [4.69, 9.17) is 11.6 Å². The van der Waals surface area contributed by atoms with Crippen molar-refractivity contribution in [3.8, 4) is 5.75 Å². The highest BCUT2D eigenvalue weighted by Crippen LogP contribution is 2.41. The molecule has 3 heteroatoms. The van der Waals surface area contributed by atoms with Gasteiger partial charge in [-0.05, 0) is 56.7 Å². The molecule has 1 aliphatic rings. The lowest BCUT2D eigenvalue weighted by atomic mass is 9.86. The number of phenols is 1. The summed E-state index contributed by atoms with van der Waals surface area (Å²) in [5, 5.41) is 20.4. The van der Waals surface area contributed by atoms with Crippen molar-refractivity contribution in [3.05, 3.63) is 27.8 Å². The summed E-state index contributed by atoms with van der Waals surface area (Å²) in [6, 6.07) is 1.90. The molecule has 16 heavy (non-hydrogen) atoms. The van der Waals surface area contributed by atoms with E-state index >= 15 is 0 Å². The Kier molecular flexibility index (Phi) is 2.89. The van der Waals surface area contributed by atoms with Crippen molar-refractivity contribution in [2.24, 2.45) is 0 Å². The van der Waals surface area contributed by atoms with E-state index in [1.807, 2.05) is 6.07 Å². The average molecular weight is 241 g/mol. The summed E-state index contributed by atoms with van der Waals surface area (Å²) in [6.45, 7) is 3.32. The largest absolute Gasteiger partial charge is 0.506 e. The smallest absolute Gasteiger partial charge is 0.140 e. The Balaban J connectivity index is 2.62. The standard InChI is InChI=1S/C13H17ClO2/c1-13(2,16)10-7-8-5-3-4-6-9(8)11(14)12(10)15/h7,15-16H,3-6H2,1-2H3. The average Bonchev–Trinajstić information content (AvgIpc) is 2.22. The maximum absolute atomic E-state index is 10.00. The predicted molar refractivity (Wildman–Crippen MR) is 65.0 cm³/mol. The van der Waals surface area contributed by atoms with Crippen LogP contribution in [0.25, 0.3) is 0 Å². The van der Waals surface area contributed by atoms with E-state index in [9.17, 15) is 10.2 Å². The fraction of sp³-hybridized carbons (Fsp3) is 0.538. The first-order valence-corrected chi connectivity index (χ1v) is 6.05. The maximum atomic E-state index is 10.00. The molecule has 0 spiro atoms. The molecule has 0 aromatic heterocycles. The molecule has 0 bridgehead atoms. The first-order valence-electron chi connectivity index (χ1n) is 5.67. The first kappa shape index (κ1) is 11.7. The summed E-state index contributed by atoms with van der Waals surface area (Å²) in [6.07, 6.45) is 4.18. The van der Waals surface area contributed by atoms with Crippen LogP contribution in [0.1, 0.15) is 43.4 Å². The Labute approximate surface area is 101 Å². The number of aliphatic hydroxyl groups is 1. The van der Waals surface area contributed by atoms with Gasteiger partial charge in [0.2, 0.25) is 0 Å². The molecule has 0 amide bonds. The van der Waals surface area contributed by atoms with E-state index < -0.39 is 5.60 Å². The molecule has 88 valence electrons. The summed E-state index contributed by atoms with van der Waals surface area (Å²) >= 11 is 6.16. The van der Waals surface area contributed by atoms with Gasteiger partial charge in [0.15, 0.2) is 0 Å². The molecule has 0 unspecified atom stereocenters. The molecule has 0 fully saturated rings. The third-order valence-electron chi connectivity index (χ3n) is 3.22. The van der Waals surface area contributed by atoms with Crippen LogP contribution < -0.4 is 0 Å². The number of benzene rings is 1. The van der Waals surface area contributed by atoms with Gasteiger partial charge in [-0.25, -0.2) is 0 Å². The molecule has 0 heterocycles. The lowest BCUT2D eigenvalue weighted by Crippen LogP contribution is -2.17. The van der Waals surface area contributed by atoms with Crippen LogP contribution in [-0.2, 0) is 18.4 Å². The molecule has 0 saturated heterocycles. The second-order valence-corrected chi connectivity index (χ2v) is 5.37. The van der Waals surface area contributed by atoms with Crippen molar-refractivity contribution in [2.75, 3.05) is 0 Å². The predicted octanol–water partition coefficient (Wildman–Crippen LogP) is 3.15. The molecule has 1 aromatic carbocycles. The third kappa shape index (κ3) is 1.92. The van der Waals surface area contributed by atoms with E-state index in [1.54, 1.807) is 13.8 Å². The fourth-order valence-corrected chi connectivity index (χ4v) is 2.63. The van der Waals surface area contributed by atoms with Crippen LogP contribution in [0.4, 0.5) is 0 Å². The molecule has 1 aliphatic carbocycles. The minimum Gasteiger partial charge on any atom is -0.506 e. The van der Waals surface area contributed by atoms with Crippen LogP contribution >= 0.6 is 11.6 Å². The SMILES string of the molecule is CC(C)(O)c1cc2c(c(Cl)c1O)CCCC2. The molecule has 2 rings (SSSR count). The van der Waals surface area contributed by atoms with Crippen LogP contribution in [0.2, 0.25) is 5.02 Å². The van der Waals surface area contributed by atoms with Gasteiger partial charge in [-0.1, -0.05) is 11.6 Å². The van der Waals surface area contributed by atoms with Gasteiger partial charge in [0.1, 0.15) is 5.75 Å². The monoisotopic (exact) mass is 240 g/mol. The molecule has 0 atom stereocenters. The molecule has 1 aromatic rings. The number of hydrogen-bond acceptors (Lipinski definition) is 2. The first-order chi connectivity index (χ1) is 7.41.